The van der Waals surface area contributed by atoms with Crippen LogP contribution in [0, 0.1) is 0 Å². The number of sulfone groups is 1. The van der Waals surface area contributed by atoms with Gasteiger partial charge in [0.05, 0.1) is 16.7 Å². The molecule has 2 rings (SSSR count). The highest BCUT2D eigenvalue weighted by Gasteiger charge is 2.34. The van der Waals surface area contributed by atoms with Gasteiger partial charge in [0.25, 0.3) is 0 Å². The maximum atomic E-state index is 12.6. The average molecular weight is 334 g/mol. The van der Waals surface area contributed by atoms with E-state index < -0.39 is 19.9 Å². The number of anilines is 1. The second-order valence-corrected chi connectivity index (χ2v) is 8.90. The normalized spacial score (nSPS) is 20.8. The van der Waals surface area contributed by atoms with E-state index in [1.807, 2.05) is 0 Å². The molecule has 0 bridgehead atoms. The number of hydrogen-bond donors (Lipinski definition) is 1. The lowest BCUT2D eigenvalue weighted by Gasteiger charge is -2.18. The quantitative estimate of drug-likeness (QED) is 0.782. The highest BCUT2D eigenvalue weighted by molar-refractivity contribution is 7.91. The largest absolute Gasteiger partial charge is 0.398 e. The Kier molecular flexibility index (Phi) is 4.29. The van der Waals surface area contributed by atoms with Crippen molar-refractivity contribution in [3.63, 3.8) is 0 Å². The number of sulfonamides is 1. The van der Waals surface area contributed by atoms with Crippen molar-refractivity contribution in [3.05, 3.63) is 18.2 Å². The Labute approximate surface area is 124 Å². The molecule has 1 atom stereocenters. The summed E-state index contributed by atoms with van der Waals surface area (Å²) in [6.45, 7) is 0.560. The van der Waals surface area contributed by atoms with Crippen LogP contribution in [0.4, 0.5) is 5.69 Å². The number of rotatable bonds is 4. The standard InChI is InChI=1S/C12H18N2O5S2/c1-19-9-5-6-14(8-9)21(17,18)12-7-10(20(2,15)16)3-4-11(12)13/h3-4,7,9H,5-6,8,13H2,1-2H3. The SMILES string of the molecule is COC1CCN(S(=O)(=O)c2cc(S(C)(=O)=O)ccc2N)C1. The van der Waals surface area contributed by atoms with E-state index in [1.54, 1.807) is 0 Å². The Morgan fingerprint density at radius 1 is 1.29 bits per heavy atom. The van der Waals surface area contributed by atoms with Crippen molar-refractivity contribution < 1.29 is 21.6 Å². The van der Waals surface area contributed by atoms with Gasteiger partial charge in [0.1, 0.15) is 4.90 Å². The van der Waals surface area contributed by atoms with E-state index in [2.05, 4.69) is 0 Å². The van der Waals surface area contributed by atoms with Gasteiger partial charge in [0.15, 0.2) is 9.84 Å². The van der Waals surface area contributed by atoms with Gasteiger partial charge in [0.2, 0.25) is 10.0 Å². The number of hydrogen-bond acceptors (Lipinski definition) is 6. The van der Waals surface area contributed by atoms with Gasteiger partial charge in [-0.25, -0.2) is 16.8 Å². The van der Waals surface area contributed by atoms with Gasteiger partial charge in [-0.2, -0.15) is 4.31 Å². The molecule has 1 saturated heterocycles. The fourth-order valence-corrected chi connectivity index (χ4v) is 4.57. The molecule has 2 N–H and O–H groups in total. The zero-order valence-corrected chi connectivity index (χ0v) is 13.4. The summed E-state index contributed by atoms with van der Waals surface area (Å²) >= 11 is 0. The lowest BCUT2D eigenvalue weighted by molar-refractivity contribution is 0.115. The molecule has 1 aliphatic heterocycles. The zero-order chi connectivity index (χ0) is 15.8. The third-order valence-corrected chi connectivity index (χ3v) is 6.50. The number of methoxy groups -OCH3 is 1. The summed E-state index contributed by atoms with van der Waals surface area (Å²) < 4.78 is 54.7. The zero-order valence-electron chi connectivity index (χ0n) is 11.8. The van der Waals surface area contributed by atoms with E-state index in [0.717, 1.165) is 12.3 Å². The first kappa shape index (κ1) is 16.2. The molecule has 0 saturated carbocycles. The Balaban J connectivity index is 2.45. The van der Waals surface area contributed by atoms with Crippen molar-refractivity contribution in [1.82, 2.24) is 4.31 Å². The Hall–Kier alpha value is -1.16. The van der Waals surface area contributed by atoms with Gasteiger partial charge in [-0.3, -0.25) is 0 Å². The minimum Gasteiger partial charge on any atom is -0.398 e. The van der Waals surface area contributed by atoms with Crippen LogP contribution in [0.1, 0.15) is 6.42 Å². The number of ether oxygens (including phenoxy) is 1. The van der Waals surface area contributed by atoms with E-state index in [4.69, 9.17) is 10.5 Å². The van der Waals surface area contributed by atoms with Crippen LogP contribution in [0.5, 0.6) is 0 Å². The molecule has 1 unspecified atom stereocenters. The highest BCUT2D eigenvalue weighted by Crippen LogP contribution is 2.28. The van der Waals surface area contributed by atoms with Crippen molar-refractivity contribution in [2.45, 2.75) is 22.3 Å². The summed E-state index contributed by atoms with van der Waals surface area (Å²) in [6, 6.07) is 3.71. The van der Waals surface area contributed by atoms with Gasteiger partial charge >= 0.3 is 0 Å². The minimum atomic E-state index is -3.83. The highest BCUT2D eigenvalue weighted by atomic mass is 32.2. The molecular weight excluding hydrogens is 316 g/mol. The smallest absolute Gasteiger partial charge is 0.245 e. The van der Waals surface area contributed by atoms with Gasteiger partial charge in [0, 0.05) is 26.5 Å². The third kappa shape index (κ3) is 3.20. The van der Waals surface area contributed by atoms with Crippen LogP contribution in [0.3, 0.4) is 0 Å². The first-order valence-corrected chi connectivity index (χ1v) is 9.62. The van der Waals surface area contributed by atoms with E-state index in [-0.39, 0.29) is 28.1 Å². The second kappa shape index (κ2) is 5.56. The van der Waals surface area contributed by atoms with Crippen molar-refractivity contribution in [3.8, 4) is 0 Å². The Bertz CT molecular complexity index is 743. The van der Waals surface area contributed by atoms with Crippen molar-refractivity contribution in [2.24, 2.45) is 0 Å². The van der Waals surface area contributed by atoms with E-state index in [1.165, 1.54) is 23.5 Å². The van der Waals surface area contributed by atoms with Crippen LogP contribution in [0.15, 0.2) is 28.0 Å². The maximum Gasteiger partial charge on any atom is 0.245 e. The second-order valence-electron chi connectivity index (χ2n) is 4.98. The van der Waals surface area contributed by atoms with Crippen molar-refractivity contribution in [1.29, 1.82) is 0 Å². The summed E-state index contributed by atoms with van der Waals surface area (Å²) in [4.78, 5) is -0.250. The number of nitrogens with zero attached hydrogens (tertiary/aromatic N) is 1. The Morgan fingerprint density at radius 3 is 2.48 bits per heavy atom. The molecule has 0 amide bonds. The molecular formula is C12H18N2O5S2. The van der Waals surface area contributed by atoms with Gasteiger partial charge in [-0.15, -0.1) is 0 Å². The van der Waals surface area contributed by atoms with Crippen LogP contribution in [-0.2, 0) is 24.6 Å². The summed E-state index contributed by atoms with van der Waals surface area (Å²) in [5, 5.41) is 0. The van der Waals surface area contributed by atoms with Crippen molar-refractivity contribution in [2.75, 3.05) is 32.2 Å². The molecule has 9 heteroatoms. The maximum absolute atomic E-state index is 12.6. The summed E-state index contributed by atoms with van der Waals surface area (Å²) in [7, 11) is -5.81. The van der Waals surface area contributed by atoms with E-state index >= 15 is 0 Å². The molecule has 21 heavy (non-hydrogen) atoms. The van der Waals surface area contributed by atoms with Crippen LogP contribution in [0.2, 0.25) is 0 Å². The van der Waals surface area contributed by atoms with Crippen LogP contribution in [0.25, 0.3) is 0 Å². The first-order valence-electron chi connectivity index (χ1n) is 6.29. The van der Waals surface area contributed by atoms with Gasteiger partial charge < -0.3 is 10.5 Å². The first-order chi connectivity index (χ1) is 9.66. The molecule has 0 spiro atoms. The summed E-state index contributed by atoms with van der Waals surface area (Å²) in [6.07, 6.45) is 1.46. The molecule has 1 aliphatic rings. The van der Waals surface area contributed by atoms with Crippen LogP contribution >= 0.6 is 0 Å². The number of nitrogens with two attached hydrogens (primary N) is 1. The molecule has 1 aromatic carbocycles. The predicted molar refractivity (Wildman–Crippen MR) is 78.1 cm³/mol. The van der Waals surface area contributed by atoms with Gasteiger partial charge in [-0.1, -0.05) is 0 Å². The molecule has 118 valence electrons. The topological polar surface area (TPSA) is 107 Å². The van der Waals surface area contributed by atoms with Crippen LogP contribution < -0.4 is 5.73 Å². The molecule has 0 aliphatic carbocycles. The molecule has 1 fully saturated rings. The van der Waals surface area contributed by atoms with Crippen LogP contribution in [-0.4, -0.2) is 53.7 Å². The fourth-order valence-electron chi connectivity index (χ4n) is 2.22. The molecule has 0 aromatic heterocycles. The monoisotopic (exact) mass is 334 g/mol. The van der Waals surface area contributed by atoms with Crippen molar-refractivity contribution >= 4 is 25.5 Å². The number of nitrogen functional groups attached to an aromatic ring is 1. The molecule has 1 heterocycles. The Morgan fingerprint density at radius 2 is 1.95 bits per heavy atom. The summed E-state index contributed by atoms with van der Waals surface area (Å²) in [5.41, 5.74) is 5.75. The predicted octanol–water partition coefficient (Wildman–Crippen LogP) is 0.0817. The van der Waals surface area contributed by atoms with E-state index in [9.17, 15) is 16.8 Å². The van der Waals surface area contributed by atoms with E-state index in [0.29, 0.717) is 13.0 Å². The molecule has 0 radical (unpaired) electrons. The average Bonchev–Trinajstić information content (AvgIpc) is 2.87. The fraction of sp³-hybridized carbons (Fsp3) is 0.500. The third-order valence-electron chi connectivity index (χ3n) is 3.47. The number of benzene rings is 1. The minimum absolute atomic E-state index is 0.0308. The van der Waals surface area contributed by atoms with Gasteiger partial charge in [-0.05, 0) is 24.6 Å². The lowest BCUT2D eigenvalue weighted by Crippen LogP contribution is -2.30. The summed E-state index contributed by atoms with van der Waals surface area (Å²) in [5.74, 6) is 0. The molecule has 1 aromatic rings. The molecule has 7 nitrogen and oxygen atoms in total. The lowest BCUT2D eigenvalue weighted by atomic mass is 10.3.